The van der Waals surface area contributed by atoms with E-state index in [1.807, 2.05) is 0 Å². The molecular weight excluding hydrogens is 583 g/mol. The summed E-state index contributed by atoms with van der Waals surface area (Å²) in [6, 6.07) is 25.5. The van der Waals surface area contributed by atoms with E-state index >= 15 is 0 Å². The van der Waals surface area contributed by atoms with Crippen LogP contribution in [0.1, 0.15) is 156 Å². The molecule has 0 saturated heterocycles. The maximum Gasteiger partial charge on any atom is 0.530 e. The minimum Gasteiger partial charge on any atom is -0.409 e. The molecule has 0 unspecified atom stereocenters. The zero-order valence-electron chi connectivity index (χ0n) is 30.6. The van der Waals surface area contributed by atoms with Crippen LogP contribution < -0.4 is 13.6 Å². The largest absolute Gasteiger partial charge is 0.530 e. The van der Waals surface area contributed by atoms with E-state index in [1.54, 1.807) is 0 Å². The Morgan fingerprint density at radius 1 is 0.391 bits per heavy atom. The van der Waals surface area contributed by atoms with Crippen molar-refractivity contribution in [2.75, 3.05) is 0 Å². The Morgan fingerprint density at radius 2 is 0.630 bits per heavy atom. The van der Waals surface area contributed by atoms with Crippen LogP contribution in [-0.4, -0.2) is 0 Å². The van der Waals surface area contributed by atoms with Gasteiger partial charge in [-0.15, -0.1) is 0 Å². The molecule has 0 N–H and O–H groups in total. The van der Waals surface area contributed by atoms with Gasteiger partial charge >= 0.3 is 8.60 Å². The molecule has 4 heteroatoms. The maximum atomic E-state index is 6.43. The van der Waals surface area contributed by atoms with E-state index in [-0.39, 0.29) is 16.2 Å². The Hall–Kier alpha value is -2.51. The highest BCUT2D eigenvalue weighted by atomic mass is 31.2. The lowest BCUT2D eigenvalue weighted by Crippen LogP contribution is -2.17. The number of hydrogen-bond acceptors (Lipinski definition) is 3. The van der Waals surface area contributed by atoms with Crippen LogP contribution in [0.5, 0.6) is 17.2 Å². The molecule has 0 heterocycles. The lowest BCUT2D eigenvalue weighted by atomic mass is 9.80. The maximum absolute atomic E-state index is 6.43. The molecule has 0 aliphatic carbocycles. The van der Waals surface area contributed by atoms with E-state index < -0.39 is 8.60 Å². The van der Waals surface area contributed by atoms with Gasteiger partial charge in [-0.05, 0) is 88.6 Å². The number of benzene rings is 3. The molecule has 0 radical (unpaired) electrons. The standard InChI is InChI=1S/C42H63O3P/c1-10-13-16-31-40(4,5)34-19-25-37(26-20-34)43-46(44-38-27-21-35(22-28-38)41(6,7)32-17-14-11-2)45-39-29-23-36(24-30-39)42(8,9)33-18-15-12-3/h19-30H,10-18,31-33H2,1-9H3. The SMILES string of the molecule is CCCCCC(C)(C)c1ccc(OP(Oc2ccc(C(C)(C)CCCCC)cc2)Oc2ccc(C(C)(C)CCCCC)cc2)cc1. The van der Waals surface area contributed by atoms with Gasteiger partial charge < -0.3 is 13.6 Å². The van der Waals surface area contributed by atoms with Crippen molar-refractivity contribution in [1.82, 2.24) is 0 Å². The molecule has 3 aromatic carbocycles. The zero-order valence-corrected chi connectivity index (χ0v) is 31.5. The minimum absolute atomic E-state index is 0.129. The molecule has 0 fully saturated rings. The van der Waals surface area contributed by atoms with Crippen molar-refractivity contribution in [3.05, 3.63) is 89.5 Å². The number of rotatable bonds is 21. The summed E-state index contributed by atoms with van der Waals surface area (Å²) in [6.07, 6.45) is 14.8. The van der Waals surface area contributed by atoms with E-state index in [0.29, 0.717) is 0 Å². The highest BCUT2D eigenvalue weighted by molar-refractivity contribution is 7.43. The first-order valence-electron chi connectivity index (χ1n) is 18.1. The summed E-state index contributed by atoms with van der Waals surface area (Å²) in [6.45, 7) is 20.8. The van der Waals surface area contributed by atoms with Crippen LogP contribution in [0.4, 0.5) is 0 Å². The summed E-state index contributed by atoms with van der Waals surface area (Å²) in [4.78, 5) is 0. The van der Waals surface area contributed by atoms with Crippen LogP contribution in [0.15, 0.2) is 72.8 Å². The summed E-state index contributed by atoms with van der Waals surface area (Å²) in [7, 11) is -1.74. The molecule has 0 aliphatic rings. The van der Waals surface area contributed by atoms with Gasteiger partial charge in [0.25, 0.3) is 0 Å². The summed E-state index contributed by atoms with van der Waals surface area (Å²) in [5, 5.41) is 0. The van der Waals surface area contributed by atoms with Crippen molar-refractivity contribution < 1.29 is 13.6 Å². The second-order valence-electron chi connectivity index (χ2n) is 15.1. The topological polar surface area (TPSA) is 27.7 Å². The van der Waals surface area contributed by atoms with Gasteiger partial charge in [-0.25, -0.2) is 0 Å². The molecule has 0 spiro atoms. The predicted octanol–water partition coefficient (Wildman–Crippen LogP) is 14.0. The Labute approximate surface area is 283 Å². The molecule has 0 atom stereocenters. The Balaban J connectivity index is 1.78. The Bertz CT molecular complexity index is 1100. The lowest BCUT2D eigenvalue weighted by Gasteiger charge is -2.26. The average molecular weight is 647 g/mol. The first-order chi connectivity index (χ1) is 21.9. The van der Waals surface area contributed by atoms with Gasteiger partial charge in [-0.1, -0.05) is 156 Å². The summed E-state index contributed by atoms with van der Waals surface area (Å²) in [5.74, 6) is 2.25. The first-order valence-corrected chi connectivity index (χ1v) is 19.2. The second-order valence-corrected chi connectivity index (χ2v) is 16.1. The van der Waals surface area contributed by atoms with E-state index in [0.717, 1.165) is 17.2 Å². The van der Waals surface area contributed by atoms with Crippen LogP contribution in [0.3, 0.4) is 0 Å². The van der Waals surface area contributed by atoms with Gasteiger partial charge in [-0.3, -0.25) is 0 Å². The third-order valence-corrected chi connectivity index (χ3v) is 10.7. The normalized spacial score (nSPS) is 12.4. The number of unbranched alkanes of at least 4 members (excludes halogenated alkanes) is 6. The van der Waals surface area contributed by atoms with Crippen LogP contribution in [0, 0.1) is 0 Å². The van der Waals surface area contributed by atoms with Gasteiger partial charge in [0.05, 0.1) is 0 Å². The van der Waals surface area contributed by atoms with Crippen LogP contribution in [0.25, 0.3) is 0 Å². The molecule has 0 amide bonds. The molecule has 46 heavy (non-hydrogen) atoms. The molecule has 3 rings (SSSR count). The van der Waals surface area contributed by atoms with Gasteiger partial charge in [0.15, 0.2) is 0 Å². The second kappa shape index (κ2) is 18.1. The van der Waals surface area contributed by atoms with Crippen molar-refractivity contribution >= 4 is 8.60 Å². The van der Waals surface area contributed by atoms with Crippen LogP contribution in [0.2, 0.25) is 0 Å². The lowest BCUT2D eigenvalue weighted by molar-refractivity contribution is 0.387. The van der Waals surface area contributed by atoms with E-state index in [9.17, 15) is 0 Å². The van der Waals surface area contributed by atoms with Gasteiger partial charge in [-0.2, -0.15) is 0 Å². The fourth-order valence-corrected chi connectivity index (χ4v) is 7.09. The summed E-state index contributed by atoms with van der Waals surface area (Å²) in [5.41, 5.74) is 4.38. The van der Waals surface area contributed by atoms with Crippen molar-refractivity contribution in [3.63, 3.8) is 0 Å². The smallest absolute Gasteiger partial charge is 0.409 e. The summed E-state index contributed by atoms with van der Waals surface area (Å²) < 4.78 is 19.3. The Kier molecular flexibility index (Phi) is 15.0. The number of hydrogen-bond donors (Lipinski definition) is 0. The average Bonchev–Trinajstić information content (AvgIpc) is 3.02. The van der Waals surface area contributed by atoms with Crippen molar-refractivity contribution in [3.8, 4) is 17.2 Å². The monoisotopic (exact) mass is 646 g/mol. The van der Waals surface area contributed by atoms with Gasteiger partial charge in [0.2, 0.25) is 0 Å². The zero-order chi connectivity index (χ0) is 33.6. The summed E-state index contributed by atoms with van der Waals surface area (Å²) >= 11 is 0. The molecule has 3 aromatic rings. The first kappa shape index (κ1) is 37.9. The molecule has 254 valence electrons. The fourth-order valence-electron chi connectivity index (χ4n) is 6.10. The van der Waals surface area contributed by atoms with E-state index in [4.69, 9.17) is 13.6 Å². The van der Waals surface area contributed by atoms with E-state index in [2.05, 4.69) is 135 Å². The fraction of sp³-hybridized carbons (Fsp3) is 0.571. The van der Waals surface area contributed by atoms with Gasteiger partial charge in [0.1, 0.15) is 17.2 Å². The molecule has 0 aromatic heterocycles. The van der Waals surface area contributed by atoms with Crippen molar-refractivity contribution in [1.29, 1.82) is 0 Å². The molecule has 0 bridgehead atoms. The van der Waals surface area contributed by atoms with Crippen LogP contribution >= 0.6 is 8.60 Å². The molecule has 3 nitrogen and oxygen atoms in total. The third-order valence-electron chi connectivity index (χ3n) is 9.66. The highest BCUT2D eigenvalue weighted by Crippen LogP contribution is 2.44. The molecule has 0 aliphatic heterocycles. The minimum atomic E-state index is -1.74. The molecule has 0 saturated carbocycles. The quantitative estimate of drug-likeness (QED) is 0.0851. The van der Waals surface area contributed by atoms with E-state index in [1.165, 1.54) is 93.7 Å². The third kappa shape index (κ3) is 11.9. The Morgan fingerprint density at radius 3 is 0.848 bits per heavy atom. The molecular formula is C42H63O3P. The van der Waals surface area contributed by atoms with Crippen molar-refractivity contribution in [2.24, 2.45) is 0 Å². The van der Waals surface area contributed by atoms with Crippen LogP contribution in [-0.2, 0) is 16.2 Å². The van der Waals surface area contributed by atoms with Gasteiger partial charge in [0, 0.05) is 0 Å². The predicted molar refractivity (Wildman–Crippen MR) is 200 cm³/mol. The van der Waals surface area contributed by atoms with Crippen molar-refractivity contribution in [2.45, 2.75) is 156 Å². The highest BCUT2D eigenvalue weighted by Gasteiger charge is 2.25.